The van der Waals surface area contributed by atoms with Gasteiger partial charge in [0.05, 0.1) is 26.0 Å². The summed E-state index contributed by atoms with van der Waals surface area (Å²) in [7, 11) is 3.39. The molecule has 0 unspecified atom stereocenters. The molecular weight excluding hydrogens is 390 g/mol. The lowest BCUT2D eigenvalue weighted by Gasteiger charge is -2.36. The molecule has 3 rings (SSSR count). The molecule has 31 heavy (non-hydrogen) atoms. The third-order valence-electron chi connectivity index (χ3n) is 5.90. The molecule has 6 nitrogen and oxygen atoms in total. The molecular formula is C25H35N3O3. The first-order valence-electron chi connectivity index (χ1n) is 11.1. The zero-order valence-electron chi connectivity index (χ0n) is 19.1. The number of ether oxygens (including phenoxy) is 2. The number of benzene rings is 1. The van der Waals surface area contributed by atoms with Crippen molar-refractivity contribution < 1.29 is 14.3 Å². The van der Waals surface area contributed by atoms with E-state index >= 15 is 0 Å². The van der Waals surface area contributed by atoms with Crippen LogP contribution >= 0.6 is 0 Å². The van der Waals surface area contributed by atoms with Crippen molar-refractivity contribution in [3.63, 3.8) is 0 Å². The second-order valence-electron chi connectivity index (χ2n) is 8.69. The van der Waals surface area contributed by atoms with Crippen LogP contribution in [0.15, 0.2) is 42.6 Å². The summed E-state index contributed by atoms with van der Waals surface area (Å²) in [6, 6.07) is 11.8. The zero-order valence-corrected chi connectivity index (χ0v) is 19.1. The summed E-state index contributed by atoms with van der Waals surface area (Å²) in [6.07, 6.45) is 4.36. The minimum atomic E-state index is -0.0408. The van der Waals surface area contributed by atoms with Crippen LogP contribution in [0.1, 0.15) is 50.4 Å². The van der Waals surface area contributed by atoms with E-state index in [2.05, 4.69) is 29.0 Å². The molecule has 1 fully saturated rings. The fourth-order valence-corrected chi connectivity index (χ4v) is 4.29. The van der Waals surface area contributed by atoms with Gasteiger partial charge in [-0.25, -0.2) is 0 Å². The van der Waals surface area contributed by atoms with Gasteiger partial charge in [-0.05, 0) is 68.1 Å². The largest absolute Gasteiger partial charge is 0.497 e. The van der Waals surface area contributed by atoms with Gasteiger partial charge >= 0.3 is 0 Å². The van der Waals surface area contributed by atoms with Gasteiger partial charge in [-0.15, -0.1) is 0 Å². The lowest BCUT2D eigenvalue weighted by atomic mass is 9.87. The number of piperidine rings is 1. The molecule has 0 bridgehead atoms. The maximum Gasteiger partial charge on any atom is 0.220 e. The maximum absolute atomic E-state index is 12.5. The lowest BCUT2D eigenvalue weighted by molar-refractivity contribution is -0.123. The number of amides is 1. The maximum atomic E-state index is 12.5. The number of methoxy groups -OCH3 is 2. The average molecular weight is 426 g/mol. The molecule has 1 aliphatic heterocycles. The van der Waals surface area contributed by atoms with Crippen LogP contribution in [0.4, 0.5) is 0 Å². The lowest BCUT2D eigenvalue weighted by Crippen LogP contribution is -2.41. The van der Waals surface area contributed by atoms with E-state index in [0.29, 0.717) is 18.3 Å². The number of pyridine rings is 1. The fourth-order valence-electron chi connectivity index (χ4n) is 4.29. The van der Waals surface area contributed by atoms with Crippen LogP contribution in [-0.2, 0) is 11.3 Å². The Morgan fingerprint density at radius 2 is 1.94 bits per heavy atom. The van der Waals surface area contributed by atoms with Crippen LogP contribution in [0.2, 0.25) is 0 Å². The SMILES string of the molecule is COc1ccc(OC)c(CN2CCC([C@@H](NC(=O)CC(C)C)c3ccccn3)CC2)c1. The summed E-state index contributed by atoms with van der Waals surface area (Å²) in [5.41, 5.74) is 2.08. The predicted molar refractivity (Wildman–Crippen MR) is 122 cm³/mol. The summed E-state index contributed by atoms with van der Waals surface area (Å²) < 4.78 is 10.9. The minimum absolute atomic E-state index is 0.0408. The monoisotopic (exact) mass is 425 g/mol. The highest BCUT2D eigenvalue weighted by molar-refractivity contribution is 5.76. The van der Waals surface area contributed by atoms with Gasteiger partial charge in [0, 0.05) is 24.7 Å². The van der Waals surface area contributed by atoms with Gasteiger partial charge in [-0.1, -0.05) is 19.9 Å². The standard InChI is InChI=1S/C25H35N3O3/c1-18(2)15-24(29)27-25(22-7-5-6-12-26-22)19-10-13-28(14-11-19)17-20-16-21(30-3)8-9-23(20)31-4/h5-9,12,16,18-19,25H,10-11,13-15,17H2,1-4H3,(H,27,29)/t25-/m1/s1. The van der Waals surface area contributed by atoms with Gasteiger partial charge in [0.1, 0.15) is 11.5 Å². The topological polar surface area (TPSA) is 63.7 Å². The molecule has 1 aromatic carbocycles. The Kier molecular flexibility index (Phi) is 8.29. The Morgan fingerprint density at radius 3 is 2.55 bits per heavy atom. The van der Waals surface area contributed by atoms with Crippen molar-refractivity contribution in [3.05, 3.63) is 53.9 Å². The van der Waals surface area contributed by atoms with Gasteiger partial charge in [0.25, 0.3) is 0 Å². The number of aromatic nitrogens is 1. The van der Waals surface area contributed by atoms with Gasteiger partial charge in [0.2, 0.25) is 5.91 Å². The number of rotatable bonds is 9. The average Bonchev–Trinajstić information content (AvgIpc) is 2.78. The summed E-state index contributed by atoms with van der Waals surface area (Å²) in [5.74, 6) is 2.54. The minimum Gasteiger partial charge on any atom is -0.497 e. The van der Waals surface area contributed by atoms with Crippen molar-refractivity contribution in [1.29, 1.82) is 0 Å². The van der Waals surface area contributed by atoms with Crippen molar-refractivity contribution in [2.24, 2.45) is 11.8 Å². The molecule has 168 valence electrons. The van der Waals surface area contributed by atoms with E-state index in [1.165, 1.54) is 0 Å². The van der Waals surface area contributed by atoms with Gasteiger partial charge in [-0.3, -0.25) is 14.7 Å². The summed E-state index contributed by atoms with van der Waals surface area (Å²) >= 11 is 0. The number of nitrogens with one attached hydrogen (secondary N) is 1. The molecule has 1 amide bonds. The second-order valence-corrected chi connectivity index (χ2v) is 8.69. The third kappa shape index (κ3) is 6.44. The van der Waals surface area contributed by atoms with E-state index in [4.69, 9.17) is 9.47 Å². The normalized spacial score (nSPS) is 16.2. The number of hydrogen-bond donors (Lipinski definition) is 1. The molecule has 0 radical (unpaired) electrons. The van der Waals surface area contributed by atoms with Crippen molar-refractivity contribution in [2.75, 3.05) is 27.3 Å². The second kappa shape index (κ2) is 11.1. The molecule has 0 aliphatic carbocycles. The number of carbonyl (C=O) groups is 1. The highest BCUT2D eigenvalue weighted by atomic mass is 16.5. The summed E-state index contributed by atoms with van der Waals surface area (Å²) in [4.78, 5) is 19.5. The third-order valence-corrected chi connectivity index (χ3v) is 5.90. The number of hydrogen-bond acceptors (Lipinski definition) is 5. The molecule has 2 heterocycles. The number of likely N-dealkylation sites (tertiary alicyclic amines) is 1. The van der Waals surface area contributed by atoms with Gasteiger partial charge in [0.15, 0.2) is 0 Å². The Hall–Kier alpha value is -2.60. The first-order valence-corrected chi connectivity index (χ1v) is 11.1. The molecule has 1 atom stereocenters. The van der Waals surface area contributed by atoms with Gasteiger partial charge < -0.3 is 14.8 Å². The van der Waals surface area contributed by atoms with E-state index < -0.39 is 0 Å². The zero-order chi connectivity index (χ0) is 22.2. The highest BCUT2D eigenvalue weighted by Crippen LogP contribution is 2.32. The molecule has 0 saturated carbocycles. The molecule has 1 saturated heterocycles. The van der Waals surface area contributed by atoms with Crippen LogP contribution in [0, 0.1) is 11.8 Å². The van der Waals surface area contributed by atoms with Crippen LogP contribution in [-0.4, -0.2) is 43.1 Å². The first-order chi connectivity index (χ1) is 15.0. The van der Waals surface area contributed by atoms with Crippen molar-refractivity contribution in [2.45, 2.75) is 45.7 Å². The quantitative estimate of drug-likeness (QED) is 0.652. The Bertz CT molecular complexity index is 833. The van der Waals surface area contributed by atoms with Crippen LogP contribution in [0.5, 0.6) is 11.5 Å². The Balaban J connectivity index is 1.66. The molecule has 1 aromatic heterocycles. The first kappa shape index (κ1) is 23.1. The smallest absolute Gasteiger partial charge is 0.220 e. The van der Waals surface area contributed by atoms with Crippen molar-refractivity contribution in [1.82, 2.24) is 15.2 Å². The molecule has 0 spiro atoms. The van der Waals surface area contributed by atoms with E-state index in [1.807, 2.05) is 36.4 Å². The fraction of sp³-hybridized carbons (Fsp3) is 0.520. The Labute approximate surface area is 186 Å². The van der Waals surface area contributed by atoms with Crippen LogP contribution in [0.3, 0.4) is 0 Å². The molecule has 2 aromatic rings. The van der Waals surface area contributed by atoms with Crippen LogP contribution in [0.25, 0.3) is 0 Å². The van der Waals surface area contributed by atoms with Gasteiger partial charge in [-0.2, -0.15) is 0 Å². The van der Waals surface area contributed by atoms with Crippen LogP contribution < -0.4 is 14.8 Å². The van der Waals surface area contributed by atoms with E-state index in [1.54, 1.807) is 20.4 Å². The van der Waals surface area contributed by atoms with E-state index in [9.17, 15) is 4.79 Å². The summed E-state index contributed by atoms with van der Waals surface area (Å²) in [5, 5.41) is 3.28. The molecule has 6 heteroatoms. The molecule has 1 aliphatic rings. The Morgan fingerprint density at radius 1 is 1.16 bits per heavy atom. The van der Waals surface area contributed by atoms with Crippen molar-refractivity contribution >= 4 is 5.91 Å². The number of carbonyl (C=O) groups excluding carboxylic acids is 1. The summed E-state index contributed by atoms with van der Waals surface area (Å²) in [6.45, 7) is 6.89. The predicted octanol–water partition coefficient (Wildman–Crippen LogP) is 4.21. The van der Waals surface area contributed by atoms with E-state index in [0.717, 1.165) is 55.2 Å². The number of nitrogens with zero attached hydrogens (tertiary/aromatic N) is 2. The van der Waals surface area contributed by atoms with E-state index in [-0.39, 0.29) is 11.9 Å². The van der Waals surface area contributed by atoms with Crippen molar-refractivity contribution in [3.8, 4) is 11.5 Å². The highest BCUT2D eigenvalue weighted by Gasteiger charge is 2.30. The molecule has 1 N–H and O–H groups in total.